The van der Waals surface area contributed by atoms with Crippen molar-refractivity contribution in [2.45, 2.75) is 23.2 Å². The minimum absolute atomic E-state index is 0.353. The Kier molecular flexibility index (Phi) is 3.95. The van der Waals surface area contributed by atoms with E-state index in [0.29, 0.717) is 23.3 Å². The average Bonchev–Trinajstić information content (AvgIpc) is 3.04. The molecule has 0 unspecified atom stereocenters. The fraction of sp³-hybridized carbons (Fsp3) is 0.429. The first kappa shape index (κ1) is 15.3. The molecule has 0 bridgehead atoms. The monoisotopic (exact) mass is 418 g/mol. The van der Waals surface area contributed by atoms with Gasteiger partial charge in [-0.1, -0.05) is 0 Å². The van der Waals surface area contributed by atoms with Crippen LogP contribution in [0.25, 0.3) is 0 Å². The van der Waals surface area contributed by atoms with Gasteiger partial charge in [-0.3, -0.25) is 4.90 Å². The number of hydrogen-bond donors (Lipinski definition) is 0. The molecular weight excluding hydrogens is 404 g/mol. The summed E-state index contributed by atoms with van der Waals surface area (Å²) in [5, 5.41) is 2.15. The van der Waals surface area contributed by atoms with Crippen molar-refractivity contribution in [3.8, 4) is 0 Å². The van der Waals surface area contributed by atoms with Crippen LogP contribution in [0, 0.1) is 0 Å². The van der Waals surface area contributed by atoms with E-state index in [1.807, 2.05) is 11.3 Å². The molecule has 1 saturated heterocycles. The second kappa shape index (κ2) is 5.68. The Bertz CT molecular complexity index is 793. The lowest BCUT2D eigenvalue weighted by Crippen LogP contribution is -2.61. The largest absolute Gasteiger partial charge is 0.293 e. The Balaban J connectivity index is 1.42. The third kappa shape index (κ3) is 2.59. The van der Waals surface area contributed by atoms with Crippen molar-refractivity contribution in [2.75, 3.05) is 19.6 Å². The Morgan fingerprint density at radius 2 is 2.05 bits per heavy atom. The SMILES string of the molecule is O=S(=O)(c1ccc(Br)s1)N1CC(N2CCc3sccc3C2)C1. The van der Waals surface area contributed by atoms with Gasteiger partial charge in [-0.15, -0.1) is 22.7 Å². The normalized spacial score (nSPS) is 20.8. The molecule has 2 aliphatic heterocycles. The van der Waals surface area contributed by atoms with Crippen LogP contribution in [-0.2, 0) is 23.0 Å². The van der Waals surface area contributed by atoms with Gasteiger partial charge in [-0.05, 0) is 51.5 Å². The summed E-state index contributed by atoms with van der Waals surface area (Å²) in [5.41, 5.74) is 1.42. The molecule has 0 amide bonds. The standard InChI is InChI=1S/C14H15BrN2O2S3/c15-13-1-2-14(21-13)22(18,19)17-8-11(9-17)16-5-3-12-10(7-16)4-6-20-12/h1-2,4,6,11H,3,5,7-9H2. The van der Waals surface area contributed by atoms with Crippen molar-refractivity contribution in [1.29, 1.82) is 0 Å². The third-order valence-corrected chi connectivity index (χ3v) is 9.27. The highest BCUT2D eigenvalue weighted by atomic mass is 79.9. The summed E-state index contributed by atoms with van der Waals surface area (Å²) in [6.45, 7) is 3.22. The Labute approximate surface area is 146 Å². The molecule has 0 atom stereocenters. The molecular formula is C14H15BrN2O2S3. The minimum Gasteiger partial charge on any atom is -0.293 e. The highest BCUT2D eigenvalue weighted by Gasteiger charge is 2.40. The predicted octanol–water partition coefficient (Wildman–Crippen LogP) is 3.00. The molecule has 4 rings (SSSR count). The summed E-state index contributed by atoms with van der Waals surface area (Å²) in [6.07, 6.45) is 1.09. The molecule has 0 radical (unpaired) electrons. The fourth-order valence-corrected chi connectivity index (χ4v) is 7.56. The molecule has 22 heavy (non-hydrogen) atoms. The average molecular weight is 419 g/mol. The summed E-state index contributed by atoms with van der Waals surface area (Å²) in [7, 11) is -3.31. The van der Waals surface area contributed by atoms with E-state index in [1.165, 1.54) is 21.8 Å². The van der Waals surface area contributed by atoms with E-state index in [4.69, 9.17) is 0 Å². The van der Waals surface area contributed by atoms with Crippen molar-refractivity contribution in [1.82, 2.24) is 9.21 Å². The zero-order valence-electron chi connectivity index (χ0n) is 11.7. The molecule has 2 aromatic rings. The van der Waals surface area contributed by atoms with E-state index < -0.39 is 10.0 Å². The van der Waals surface area contributed by atoms with Gasteiger partial charge in [0, 0.05) is 37.1 Å². The molecule has 2 aromatic heterocycles. The molecule has 0 spiro atoms. The number of nitrogens with zero attached hydrogens (tertiary/aromatic N) is 2. The summed E-state index contributed by atoms with van der Waals surface area (Å²) in [6, 6.07) is 6.02. The zero-order valence-corrected chi connectivity index (χ0v) is 15.8. The summed E-state index contributed by atoms with van der Waals surface area (Å²) < 4.78 is 27.9. The molecule has 4 nitrogen and oxygen atoms in total. The summed E-state index contributed by atoms with van der Waals surface area (Å²) >= 11 is 6.44. The van der Waals surface area contributed by atoms with Crippen LogP contribution in [0.2, 0.25) is 0 Å². The van der Waals surface area contributed by atoms with Crippen LogP contribution in [0.3, 0.4) is 0 Å². The summed E-state index contributed by atoms with van der Waals surface area (Å²) in [5.74, 6) is 0. The van der Waals surface area contributed by atoms with Crippen molar-refractivity contribution >= 4 is 48.6 Å². The Hall–Kier alpha value is -0.250. The maximum atomic E-state index is 12.5. The van der Waals surface area contributed by atoms with Crippen LogP contribution < -0.4 is 0 Å². The minimum atomic E-state index is -3.31. The number of rotatable bonds is 3. The van der Waals surface area contributed by atoms with Crippen LogP contribution in [0.4, 0.5) is 0 Å². The lowest BCUT2D eigenvalue weighted by Gasteiger charge is -2.45. The second-order valence-electron chi connectivity index (χ2n) is 5.62. The highest BCUT2D eigenvalue weighted by molar-refractivity contribution is 9.11. The number of fused-ring (bicyclic) bond motifs is 1. The van der Waals surface area contributed by atoms with E-state index in [1.54, 1.807) is 16.4 Å². The lowest BCUT2D eigenvalue weighted by molar-refractivity contribution is 0.0776. The van der Waals surface area contributed by atoms with Gasteiger partial charge in [-0.25, -0.2) is 8.42 Å². The first-order chi connectivity index (χ1) is 10.5. The highest BCUT2D eigenvalue weighted by Crippen LogP contribution is 2.33. The predicted molar refractivity (Wildman–Crippen MR) is 93.0 cm³/mol. The molecule has 4 heterocycles. The first-order valence-electron chi connectivity index (χ1n) is 7.09. The van der Waals surface area contributed by atoms with Crippen molar-refractivity contribution in [3.05, 3.63) is 37.8 Å². The second-order valence-corrected chi connectivity index (χ2v) is 11.3. The van der Waals surface area contributed by atoms with Crippen LogP contribution in [0.15, 0.2) is 31.6 Å². The van der Waals surface area contributed by atoms with Gasteiger partial charge in [0.1, 0.15) is 4.21 Å². The van der Waals surface area contributed by atoms with Crippen LogP contribution in [0.5, 0.6) is 0 Å². The van der Waals surface area contributed by atoms with Gasteiger partial charge in [0.2, 0.25) is 0 Å². The summed E-state index contributed by atoms with van der Waals surface area (Å²) in [4.78, 5) is 3.91. The topological polar surface area (TPSA) is 40.6 Å². The van der Waals surface area contributed by atoms with Gasteiger partial charge < -0.3 is 0 Å². The van der Waals surface area contributed by atoms with Gasteiger partial charge in [0.25, 0.3) is 10.0 Å². The maximum Gasteiger partial charge on any atom is 0.252 e. The number of hydrogen-bond acceptors (Lipinski definition) is 5. The quantitative estimate of drug-likeness (QED) is 0.768. The Morgan fingerprint density at radius 3 is 2.77 bits per heavy atom. The first-order valence-corrected chi connectivity index (χ1v) is 11.0. The molecule has 0 aliphatic carbocycles. The van der Waals surface area contributed by atoms with Crippen LogP contribution in [-0.4, -0.2) is 43.3 Å². The van der Waals surface area contributed by atoms with Gasteiger partial charge in [0.05, 0.1) is 3.79 Å². The zero-order chi connectivity index (χ0) is 15.3. The van der Waals surface area contributed by atoms with Crippen molar-refractivity contribution < 1.29 is 8.42 Å². The van der Waals surface area contributed by atoms with Crippen molar-refractivity contribution in [3.63, 3.8) is 0 Å². The number of sulfonamides is 1. The molecule has 0 saturated carbocycles. The van der Waals surface area contributed by atoms with E-state index in [0.717, 1.165) is 23.3 Å². The van der Waals surface area contributed by atoms with Crippen molar-refractivity contribution in [2.24, 2.45) is 0 Å². The molecule has 0 N–H and O–H groups in total. The Morgan fingerprint density at radius 1 is 1.23 bits per heavy atom. The van der Waals surface area contributed by atoms with E-state index in [2.05, 4.69) is 32.3 Å². The third-order valence-electron chi connectivity index (χ3n) is 4.33. The number of halogens is 1. The van der Waals surface area contributed by atoms with Gasteiger partial charge in [-0.2, -0.15) is 4.31 Å². The van der Waals surface area contributed by atoms with E-state index in [-0.39, 0.29) is 0 Å². The molecule has 1 fully saturated rings. The smallest absolute Gasteiger partial charge is 0.252 e. The molecule has 2 aliphatic rings. The van der Waals surface area contributed by atoms with Gasteiger partial charge >= 0.3 is 0 Å². The van der Waals surface area contributed by atoms with E-state index in [9.17, 15) is 8.42 Å². The fourth-order valence-electron chi connectivity index (χ4n) is 2.99. The molecule has 0 aromatic carbocycles. The molecule has 8 heteroatoms. The van der Waals surface area contributed by atoms with Crippen LogP contribution in [0.1, 0.15) is 10.4 Å². The van der Waals surface area contributed by atoms with Crippen LogP contribution >= 0.6 is 38.6 Å². The van der Waals surface area contributed by atoms with E-state index >= 15 is 0 Å². The number of thiophene rings is 2. The van der Waals surface area contributed by atoms with Gasteiger partial charge in [0.15, 0.2) is 0 Å². The maximum absolute atomic E-state index is 12.5. The lowest BCUT2D eigenvalue weighted by atomic mass is 10.0. The molecule has 118 valence electrons.